The van der Waals surface area contributed by atoms with Gasteiger partial charge >= 0.3 is 5.69 Å². The van der Waals surface area contributed by atoms with Crippen molar-refractivity contribution in [2.24, 2.45) is 0 Å². The Hall–Kier alpha value is -1.96. The third-order valence-electron chi connectivity index (χ3n) is 2.33. The lowest BCUT2D eigenvalue weighted by Crippen LogP contribution is -2.20. The summed E-state index contributed by atoms with van der Waals surface area (Å²) in [6.07, 6.45) is 1.72. The van der Waals surface area contributed by atoms with Crippen LogP contribution in [-0.4, -0.2) is 40.8 Å². The van der Waals surface area contributed by atoms with Crippen molar-refractivity contribution < 1.29 is 14.4 Å². The van der Waals surface area contributed by atoms with Crippen molar-refractivity contribution in [2.75, 3.05) is 25.1 Å². The number of anilines is 1. The van der Waals surface area contributed by atoms with Gasteiger partial charge in [-0.15, -0.1) is 0 Å². The molecule has 0 aliphatic rings. The minimum atomic E-state index is -0.563. The highest BCUT2D eigenvalue weighted by Gasteiger charge is 2.21. The fourth-order valence-corrected chi connectivity index (χ4v) is 1.40. The maximum atomic E-state index is 10.9. The number of ether oxygens (including phenoxy) is 2. The maximum absolute atomic E-state index is 10.9. The largest absolute Gasteiger partial charge is 0.467 e. The fourth-order valence-electron chi connectivity index (χ4n) is 1.40. The summed E-state index contributed by atoms with van der Waals surface area (Å²) < 4.78 is 10.7. The molecule has 0 radical (unpaired) electrons. The first-order valence-corrected chi connectivity index (χ1v) is 6.58. The molecule has 1 atom stereocenters. The van der Waals surface area contributed by atoms with Crippen molar-refractivity contribution >= 4 is 11.6 Å². The Morgan fingerprint density at radius 3 is 2.85 bits per heavy atom. The molecule has 1 heterocycles. The summed E-state index contributed by atoms with van der Waals surface area (Å²) in [4.78, 5) is 18.3. The number of aromatic nitrogens is 2. The van der Waals surface area contributed by atoms with Gasteiger partial charge in [0.15, 0.2) is 0 Å². The summed E-state index contributed by atoms with van der Waals surface area (Å²) in [5.74, 6) is 0.270. The van der Waals surface area contributed by atoms with Gasteiger partial charge in [-0.1, -0.05) is 6.92 Å². The lowest BCUT2D eigenvalue weighted by atomic mass is 10.4. The van der Waals surface area contributed by atoms with Crippen molar-refractivity contribution in [3.8, 4) is 5.88 Å². The van der Waals surface area contributed by atoms with Crippen LogP contribution in [0.4, 0.5) is 11.6 Å². The summed E-state index contributed by atoms with van der Waals surface area (Å²) in [6, 6.07) is 0. The summed E-state index contributed by atoms with van der Waals surface area (Å²) >= 11 is 0. The molecule has 0 aromatic carbocycles. The molecule has 1 N–H and O–H groups in total. The molecule has 112 valence electrons. The van der Waals surface area contributed by atoms with Crippen LogP contribution in [0.25, 0.3) is 0 Å². The molecule has 0 amide bonds. The number of rotatable bonds is 9. The van der Waals surface area contributed by atoms with Gasteiger partial charge in [-0.25, -0.2) is 4.98 Å². The van der Waals surface area contributed by atoms with E-state index in [9.17, 15) is 10.1 Å². The highest BCUT2D eigenvalue weighted by Crippen LogP contribution is 2.25. The fraction of sp³-hybridized carbons (Fsp3) is 0.667. The van der Waals surface area contributed by atoms with Crippen molar-refractivity contribution in [2.45, 2.75) is 33.3 Å². The van der Waals surface area contributed by atoms with Gasteiger partial charge in [-0.3, -0.25) is 10.1 Å². The zero-order chi connectivity index (χ0) is 15.0. The molecular weight excluding hydrogens is 264 g/mol. The molecule has 1 unspecified atom stereocenters. The SMILES string of the molecule is CCCNc1ncc([N+](=O)[O-])c(OC(C)COCC)n1. The zero-order valence-corrected chi connectivity index (χ0v) is 12.0. The standard InChI is InChI=1S/C12H20N4O4/c1-4-6-13-12-14-7-10(16(17)18)11(15-12)20-9(3)8-19-5-2/h7,9H,4-6,8H2,1-3H3,(H,13,14,15). The van der Waals surface area contributed by atoms with Crippen LogP contribution in [0, 0.1) is 10.1 Å². The third-order valence-corrected chi connectivity index (χ3v) is 2.33. The predicted molar refractivity (Wildman–Crippen MR) is 74.1 cm³/mol. The van der Waals surface area contributed by atoms with E-state index in [1.54, 1.807) is 6.92 Å². The highest BCUT2D eigenvalue weighted by molar-refractivity contribution is 5.43. The Morgan fingerprint density at radius 1 is 1.50 bits per heavy atom. The average Bonchev–Trinajstić information content (AvgIpc) is 2.42. The van der Waals surface area contributed by atoms with Crippen LogP contribution < -0.4 is 10.1 Å². The van der Waals surface area contributed by atoms with Crippen molar-refractivity contribution in [3.05, 3.63) is 16.3 Å². The Labute approximate surface area is 117 Å². The second-order valence-corrected chi connectivity index (χ2v) is 4.16. The van der Waals surface area contributed by atoms with E-state index in [-0.39, 0.29) is 17.7 Å². The smallest absolute Gasteiger partial charge is 0.349 e. The number of nitrogens with one attached hydrogen (secondary N) is 1. The van der Waals surface area contributed by atoms with Crippen LogP contribution in [-0.2, 0) is 4.74 Å². The minimum Gasteiger partial charge on any atom is -0.467 e. The molecule has 0 saturated carbocycles. The molecule has 0 spiro atoms. The van der Waals surface area contributed by atoms with Crippen LogP contribution in [0.1, 0.15) is 27.2 Å². The quantitative estimate of drug-likeness (QED) is 0.547. The van der Waals surface area contributed by atoms with Gasteiger partial charge in [0.05, 0.1) is 11.5 Å². The molecule has 20 heavy (non-hydrogen) atoms. The van der Waals surface area contributed by atoms with Crippen LogP contribution in [0.5, 0.6) is 5.88 Å². The first kappa shape index (κ1) is 16.1. The third kappa shape index (κ3) is 4.96. The monoisotopic (exact) mass is 284 g/mol. The summed E-state index contributed by atoms with van der Waals surface area (Å²) in [5.41, 5.74) is -0.254. The van der Waals surface area contributed by atoms with Gasteiger partial charge in [0.25, 0.3) is 5.88 Å². The number of nitrogens with zero attached hydrogens (tertiary/aromatic N) is 3. The van der Waals surface area contributed by atoms with Crippen molar-refractivity contribution in [3.63, 3.8) is 0 Å². The van der Waals surface area contributed by atoms with Gasteiger partial charge in [-0.05, 0) is 20.3 Å². The van der Waals surface area contributed by atoms with Gasteiger partial charge in [0.1, 0.15) is 12.3 Å². The van der Waals surface area contributed by atoms with E-state index in [0.29, 0.717) is 25.7 Å². The Bertz CT molecular complexity index is 441. The topological polar surface area (TPSA) is 99.4 Å². The molecule has 0 fully saturated rings. The molecule has 0 aliphatic heterocycles. The zero-order valence-electron chi connectivity index (χ0n) is 12.0. The molecule has 1 rings (SSSR count). The lowest BCUT2D eigenvalue weighted by molar-refractivity contribution is -0.386. The van der Waals surface area contributed by atoms with Gasteiger partial charge in [0.2, 0.25) is 5.95 Å². The van der Waals surface area contributed by atoms with E-state index in [1.165, 1.54) is 0 Å². The molecule has 1 aromatic heterocycles. The number of nitro groups is 1. The Kier molecular flexibility index (Phi) is 6.65. The van der Waals surface area contributed by atoms with E-state index in [1.807, 2.05) is 13.8 Å². The Balaban J connectivity index is 2.85. The normalized spacial score (nSPS) is 11.9. The van der Waals surface area contributed by atoms with E-state index in [4.69, 9.17) is 9.47 Å². The second-order valence-electron chi connectivity index (χ2n) is 4.16. The van der Waals surface area contributed by atoms with Crippen LogP contribution in [0.3, 0.4) is 0 Å². The molecule has 8 heteroatoms. The average molecular weight is 284 g/mol. The summed E-state index contributed by atoms with van der Waals surface area (Å²) in [6.45, 7) is 7.22. The Morgan fingerprint density at radius 2 is 2.25 bits per heavy atom. The van der Waals surface area contributed by atoms with E-state index in [0.717, 1.165) is 12.6 Å². The molecular formula is C12H20N4O4. The number of hydrogen-bond donors (Lipinski definition) is 1. The van der Waals surface area contributed by atoms with Crippen molar-refractivity contribution in [1.82, 2.24) is 9.97 Å². The highest BCUT2D eigenvalue weighted by atomic mass is 16.6. The summed E-state index contributed by atoms with van der Waals surface area (Å²) in [5, 5.41) is 13.9. The van der Waals surface area contributed by atoms with Gasteiger partial charge in [0, 0.05) is 13.2 Å². The van der Waals surface area contributed by atoms with E-state index < -0.39 is 4.92 Å². The number of hydrogen-bond acceptors (Lipinski definition) is 7. The molecule has 1 aromatic rings. The molecule has 0 bridgehead atoms. The van der Waals surface area contributed by atoms with Crippen LogP contribution >= 0.6 is 0 Å². The van der Waals surface area contributed by atoms with E-state index >= 15 is 0 Å². The summed E-state index contributed by atoms with van der Waals surface area (Å²) in [7, 11) is 0. The van der Waals surface area contributed by atoms with Gasteiger partial charge < -0.3 is 14.8 Å². The van der Waals surface area contributed by atoms with Crippen LogP contribution in [0.15, 0.2) is 6.20 Å². The molecule has 0 saturated heterocycles. The first-order valence-electron chi connectivity index (χ1n) is 6.58. The molecule has 0 aliphatic carbocycles. The van der Waals surface area contributed by atoms with Gasteiger partial charge in [-0.2, -0.15) is 4.98 Å². The predicted octanol–water partition coefficient (Wildman–Crippen LogP) is 2.01. The maximum Gasteiger partial charge on any atom is 0.349 e. The van der Waals surface area contributed by atoms with Crippen molar-refractivity contribution in [1.29, 1.82) is 0 Å². The second kappa shape index (κ2) is 8.26. The lowest BCUT2D eigenvalue weighted by Gasteiger charge is -2.14. The first-order chi connectivity index (χ1) is 9.58. The van der Waals surface area contributed by atoms with E-state index in [2.05, 4.69) is 15.3 Å². The minimum absolute atomic E-state index is 0.0455. The van der Waals surface area contributed by atoms with Crippen LogP contribution in [0.2, 0.25) is 0 Å². The molecule has 8 nitrogen and oxygen atoms in total.